The fraction of sp³-hybridized carbons (Fsp3) is 0.429. The lowest BCUT2D eigenvalue weighted by Crippen LogP contribution is -2.15. The molecule has 1 saturated carbocycles. The lowest BCUT2D eigenvalue weighted by Gasteiger charge is -2.28. The fourth-order valence-corrected chi connectivity index (χ4v) is 5.10. The predicted octanol–water partition coefficient (Wildman–Crippen LogP) is 8.85. The minimum Gasteiger partial charge on any atom is -0.207 e. The maximum Gasteiger partial charge on any atom is 0.138 e. The first-order chi connectivity index (χ1) is 15.0. The largest absolute Gasteiger partial charge is 0.207 e. The second-order valence-corrected chi connectivity index (χ2v) is 9.21. The van der Waals surface area contributed by atoms with Crippen molar-refractivity contribution in [2.45, 2.75) is 64.7 Å². The van der Waals surface area contributed by atoms with Crippen molar-refractivity contribution in [3.8, 4) is 11.1 Å². The molecule has 31 heavy (non-hydrogen) atoms. The highest BCUT2D eigenvalue weighted by Crippen LogP contribution is 2.35. The van der Waals surface area contributed by atoms with Crippen LogP contribution < -0.4 is 0 Å². The first-order valence-electron chi connectivity index (χ1n) is 11.7. The average molecular weight is 425 g/mol. The van der Waals surface area contributed by atoms with Crippen molar-refractivity contribution in [3.63, 3.8) is 0 Å². The van der Waals surface area contributed by atoms with Gasteiger partial charge in [0.15, 0.2) is 0 Å². The summed E-state index contributed by atoms with van der Waals surface area (Å²) in [5.41, 5.74) is 1.67. The summed E-state index contributed by atoms with van der Waals surface area (Å²) in [5.74, 6) is -0.107. The summed E-state index contributed by atoms with van der Waals surface area (Å²) < 4.78 is 42.2. The molecule has 3 aromatic rings. The Kier molecular flexibility index (Phi) is 6.99. The Balaban J connectivity index is 1.43. The molecule has 0 aromatic heterocycles. The van der Waals surface area contributed by atoms with Crippen LogP contribution in [-0.4, -0.2) is 0 Å². The number of aryl methyl sites for hydroxylation is 1. The molecule has 0 heterocycles. The quantitative estimate of drug-likeness (QED) is 0.355. The first-order valence-corrected chi connectivity index (χ1v) is 11.7. The Hall–Kier alpha value is -2.29. The Morgan fingerprint density at radius 2 is 1.45 bits per heavy atom. The maximum absolute atomic E-state index is 15.1. The zero-order valence-corrected chi connectivity index (χ0v) is 18.3. The van der Waals surface area contributed by atoms with Crippen molar-refractivity contribution in [2.75, 3.05) is 0 Å². The molecule has 0 saturated heterocycles. The Morgan fingerprint density at radius 1 is 0.774 bits per heavy atom. The summed E-state index contributed by atoms with van der Waals surface area (Å²) in [4.78, 5) is 0. The van der Waals surface area contributed by atoms with E-state index in [0.717, 1.165) is 29.7 Å². The van der Waals surface area contributed by atoms with E-state index in [9.17, 15) is 8.78 Å². The SMILES string of the molecule is CCCC[C@H]1CC[C@H](CCc2ccc3c(F)c(-c4cc(F)cc(F)c4)ccc3c2)CC1. The molecule has 0 amide bonds. The minimum absolute atomic E-state index is 0.218. The fourth-order valence-electron chi connectivity index (χ4n) is 5.10. The molecule has 0 atom stereocenters. The molecule has 0 nitrogen and oxygen atoms in total. The van der Waals surface area contributed by atoms with Crippen LogP contribution in [0.1, 0.15) is 63.9 Å². The van der Waals surface area contributed by atoms with Gasteiger partial charge < -0.3 is 0 Å². The van der Waals surface area contributed by atoms with Crippen LogP contribution in [0.15, 0.2) is 48.5 Å². The van der Waals surface area contributed by atoms with Gasteiger partial charge in [-0.15, -0.1) is 0 Å². The Labute approximate surface area is 183 Å². The molecule has 0 unspecified atom stereocenters. The Morgan fingerprint density at radius 3 is 2.13 bits per heavy atom. The van der Waals surface area contributed by atoms with Crippen LogP contribution in [0.2, 0.25) is 0 Å². The van der Waals surface area contributed by atoms with Crippen molar-refractivity contribution >= 4 is 10.8 Å². The summed E-state index contributed by atoms with van der Waals surface area (Å²) in [6.07, 6.45) is 11.7. The minimum atomic E-state index is -0.704. The third-order valence-electron chi connectivity index (χ3n) is 6.97. The van der Waals surface area contributed by atoms with Crippen molar-refractivity contribution in [3.05, 3.63) is 71.5 Å². The van der Waals surface area contributed by atoms with E-state index in [1.807, 2.05) is 12.1 Å². The van der Waals surface area contributed by atoms with Crippen LogP contribution >= 0.6 is 0 Å². The highest BCUT2D eigenvalue weighted by Gasteiger charge is 2.20. The predicted molar refractivity (Wildman–Crippen MR) is 123 cm³/mol. The monoisotopic (exact) mass is 424 g/mol. The van der Waals surface area contributed by atoms with Crippen LogP contribution in [0.4, 0.5) is 13.2 Å². The van der Waals surface area contributed by atoms with Crippen molar-refractivity contribution in [1.82, 2.24) is 0 Å². The molecular weight excluding hydrogens is 393 g/mol. The van der Waals surface area contributed by atoms with Gasteiger partial charge in [0.05, 0.1) is 0 Å². The van der Waals surface area contributed by atoms with Gasteiger partial charge in [-0.25, -0.2) is 13.2 Å². The summed E-state index contributed by atoms with van der Waals surface area (Å²) in [6, 6.07) is 12.5. The van der Waals surface area contributed by atoms with Gasteiger partial charge in [-0.2, -0.15) is 0 Å². The molecule has 0 radical (unpaired) electrons. The molecule has 0 N–H and O–H groups in total. The van der Waals surface area contributed by atoms with E-state index in [2.05, 4.69) is 13.0 Å². The van der Waals surface area contributed by atoms with Crippen LogP contribution in [0.25, 0.3) is 21.9 Å². The summed E-state index contributed by atoms with van der Waals surface area (Å²) >= 11 is 0. The second kappa shape index (κ2) is 9.89. The van der Waals surface area contributed by atoms with Gasteiger partial charge in [0.2, 0.25) is 0 Å². The number of fused-ring (bicyclic) bond motifs is 1. The molecule has 1 fully saturated rings. The van der Waals surface area contributed by atoms with Gasteiger partial charge >= 0.3 is 0 Å². The number of unbranched alkanes of at least 4 members (excludes halogenated alkanes) is 1. The summed E-state index contributed by atoms with van der Waals surface area (Å²) in [7, 11) is 0. The van der Waals surface area contributed by atoms with Gasteiger partial charge in [0.1, 0.15) is 17.5 Å². The molecule has 164 valence electrons. The van der Waals surface area contributed by atoms with E-state index in [1.165, 1.54) is 69.1 Å². The first kappa shape index (κ1) is 21.9. The third-order valence-corrected chi connectivity index (χ3v) is 6.97. The number of benzene rings is 3. The lowest BCUT2D eigenvalue weighted by molar-refractivity contribution is 0.250. The number of halogens is 3. The Bertz CT molecular complexity index is 1010. The number of hydrogen-bond acceptors (Lipinski definition) is 0. The van der Waals surface area contributed by atoms with E-state index in [0.29, 0.717) is 5.39 Å². The van der Waals surface area contributed by atoms with Crippen molar-refractivity contribution in [2.24, 2.45) is 11.8 Å². The third kappa shape index (κ3) is 5.31. The molecule has 0 aliphatic heterocycles. The smallest absolute Gasteiger partial charge is 0.138 e. The van der Waals surface area contributed by atoms with Crippen molar-refractivity contribution in [1.29, 1.82) is 0 Å². The van der Waals surface area contributed by atoms with E-state index < -0.39 is 17.5 Å². The lowest BCUT2D eigenvalue weighted by atomic mass is 9.78. The zero-order valence-electron chi connectivity index (χ0n) is 18.3. The topological polar surface area (TPSA) is 0 Å². The van der Waals surface area contributed by atoms with Crippen LogP contribution in [0.5, 0.6) is 0 Å². The van der Waals surface area contributed by atoms with Gasteiger partial charge in [0, 0.05) is 17.0 Å². The molecule has 1 aliphatic rings. The highest BCUT2D eigenvalue weighted by molar-refractivity contribution is 5.88. The number of hydrogen-bond donors (Lipinski definition) is 0. The normalized spacial score (nSPS) is 19.1. The van der Waals surface area contributed by atoms with E-state index >= 15 is 4.39 Å². The van der Waals surface area contributed by atoms with E-state index in [1.54, 1.807) is 12.1 Å². The molecule has 1 aliphatic carbocycles. The molecule has 0 spiro atoms. The molecule has 3 aromatic carbocycles. The molecular formula is C28H31F3. The van der Waals surface area contributed by atoms with Crippen molar-refractivity contribution < 1.29 is 13.2 Å². The highest BCUT2D eigenvalue weighted by atomic mass is 19.1. The summed E-state index contributed by atoms with van der Waals surface area (Å²) in [6.45, 7) is 2.27. The average Bonchev–Trinajstić information content (AvgIpc) is 2.76. The van der Waals surface area contributed by atoms with Crippen LogP contribution in [0.3, 0.4) is 0 Å². The molecule has 4 rings (SSSR count). The molecule has 0 bridgehead atoms. The van der Waals surface area contributed by atoms with Crippen LogP contribution in [-0.2, 0) is 6.42 Å². The van der Waals surface area contributed by atoms with Gasteiger partial charge in [-0.05, 0) is 53.3 Å². The van der Waals surface area contributed by atoms with Gasteiger partial charge in [-0.3, -0.25) is 0 Å². The molecule has 3 heteroatoms. The van der Waals surface area contributed by atoms with E-state index in [4.69, 9.17) is 0 Å². The van der Waals surface area contributed by atoms with E-state index in [-0.39, 0.29) is 11.1 Å². The standard InChI is InChI=1S/C28H31F3/c1-2-3-4-19-5-7-20(8-6-19)9-10-21-11-13-26-22(15-21)12-14-27(28(26)31)23-16-24(29)18-25(30)17-23/h11-20H,2-10H2,1H3/t19-,20-. The zero-order chi connectivity index (χ0) is 21.8. The van der Waals surface area contributed by atoms with Gasteiger partial charge in [-0.1, -0.05) is 82.2 Å². The summed E-state index contributed by atoms with van der Waals surface area (Å²) in [5, 5.41) is 1.32. The van der Waals surface area contributed by atoms with Gasteiger partial charge in [0.25, 0.3) is 0 Å². The maximum atomic E-state index is 15.1. The second-order valence-electron chi connectivity index (χ2n) is 9.21. The van der Waals surface area contributed by atoms with Crippen LogP contribution in [0, 0.1) is 29.3 Å². The number of rotatable bonds is 7.